The molecule has 14 heavy (non-hydrogen) atoms. The van der Waals surface area contributed by atoms with Crippen LogP contribution < -0.4 is 0 Å². The fourth-order valence-electron chi connectivity index (χ4n) is 1.50. The summed E-state index contributed by atoms with van der Waals surface area (Å²) in [5.74, 6) is 0.131. The smallest absolute Gasteiger partial charge is 0.141 e. The highest BCUT2D eigenvalue weighted by Crippen LogP contribution is 2.25. The highest BCUT2D eigenvalue weighted by atomic mass is 35.5. The van der Waals surface area contributed by atoms with Gasteiger partial charge in [-0.25, -0.2) is 4.39 Å². The minimum Gasteiger partial charge on any atom is -0.205 e. The Balaban J connectivity index is 2.70. The third-order valence-electron chi connectivity index (χ3n) is 2.50. The minimum atomic E-state index is -0.335. The van der Waals surface area contributed by atoms with Crippen molar-refractivity contribution in [2.24, 2.45) is 0 Å². The van der Waals surface area contributed by atoms with Gasteiger partial charge < -0.3 is 0 Å². The predicted molar refractivity (Wildman–Crippen MR) is 59.4 cm³/mol. The lowest BCUT2D eigenvalue weighted by molar-refractivity contribution is 0.612. The molecule has 0 heterocycles. The highest BCUT2D eigenvalue weighted by Gasteiger charge is 2.07. The number of hydrogen-bond donors (Lipinski definition) is 0. The molecular weight excluding hydrogens is 199 g/mol. The van der Waals surface area contributed by atoms with Crippen LogP contribution >= 0.6 is 11.6 Å². The molecule has 0 fully saturated rings. The molecule has 0 radical (unpaired) electrons. The number of benzene rings is 1. The second-order valence-corrected chi connectivity index (χ2v) is 4.12. The summed E-state index contributed by atoms with van der Waals surface area (Å²) in [7, 11) is 0. The van der Waals surface area contributed by atoms with E-state index in [4.69, 9.17) is 11.6 Å². The molecule has 0 aliphatic rings. The fourth-order valence-corrected chi connectivity index (χ4v) is 1.68. The summed E-state index contributed by atoms with van der Waals surface area (Å²) in [5, 5.41) is 0.228. The number of rotatable bonds is 4. The fraction of sp³-hybridized carbons (Fsp3) is 0.500. The summed E-state index contributed by atoms with van der Waals surface area (Å²) in [6, 6.07) is 5.00. The predicted octanol–water partition coefficient (Wildman–Crippen LogP) is 4.77. The van der Waals surface area contributed by atoms with E-state index < -0.39 is 0 Å². The van der Waals surface area contributed by atoms with Crippen molar-refractivity contribution in [3.05, 3.63) is 34.6 Å². The van der Waals surface area contributed by atoms with E-state index in [2.05, 4.69) is 13.8 Å². The molecule has 0 saturated carbocycles. The summed E-state index contributed by atoms with van der Waals surface area (Å²) in [6.45, 7) is 4.32. The van der Waals surface area contributed by atoms with Gasteiger partial charge in [0.15, 0.2) is 0 Å². The van der Waals surface area contributed by atoms with E-state index in [1.807, 2.05) is 6.07 Å². The Kier molecular flexibility index (Phi) is 4.40. The average Bonchev–Trinajstić information content (AvgIpc) is 2.18. The van der Waals surface area contributed by atoms with Crippen LogP contribution in [0.25, 0.3) is 0 Å². The molecular formula is C12H16ClF. The standard InChI is InChI=1S/C12H16ClF/c1-3-4-5-9(2)10-6-7-12(14)11(13)8-10/h6-9H,3-5H2,1-2H3. The summed E-state index contributed by atoms with van der Waals surface area (Å²) in [6.07, 6.45) is 3.54. The first kappa shape index (κ1) is 11.5. The third kappa shape index (κ3) is 2.98. The Morgan fingerprint density at radius 2 is 2.14 bits per heavy atom. The van der Waals surface area contributed by atoms with Gasteiger partial charge in [-0.2, -0.15) is 0 Å². The van der Waals surface area contributed by atoms with E-state index in [9.17, 15) is 4.39 Å². The molecule has 0 spiro atoms. The van der Waals surface area contributed by atoms with Gasteiger partial charge in [-0.05, 0) is 30.0 Å². The first-order valence-corrected chi connectivity index (χ1v) is 5.48. The summed E-state index contributed by atoms with van der Waals surface area (Å²) < 4.78 is 12.9. The van der Waals surface area contributed by atoms with Crippen molar-refractivity contribution in [3.63, 3.8) is 0 Å². The van der Waals surface area contributed by atoms with Gasteiger partial charge in [-0.15, -0.1) is 0 Å². The van der Waals surface area contributed by atoms with Crippen molar-refractivity contribution in [1.82, 2.24) is 0 Å². The first-order valence-electron chi connectivity index (χ1n) is 5.10. The lowest BCUT2D eigenvalue weighted by atomic mass is 9.96. The molecule has 0 saturated heterocycles. The van der Waals surface area contributed by atoms with Gasteiger partial charge in [0, 0.05) is 0 Å². The molecule has 0 aliphatic carbocycles. The molecule has 0 aromatic heterocycles. The molecule has 0 aliphatic heterocycles. The zero-order valence-corrected chi connectivity index (χ0v) is 9.44. The van der Waals surface area contributed by atoms with Gasteiger partial charge in [0.2, 0.25) is 0 Å². The Labute approximate surface area is 90.1 Å². The molecule has 1 unspecified atom stereocenters. The number of halogens is 2. The van der Waals surface area contributed by atoms with Crippen molar-refractivity contribution in [2.45, 2.75) is 39.0 Å². The molecule has 0 amide bonds. The van der Waals surface area contributed by atoms with E-state index in [-0.39, 0.29) is 10.8 Å². The normalized spacial score (nSPS) is 12.9. The molecule has 78 valence electrons. The Morgan fingerprint density at radius 1 is 1.43 bits per heavy atom. The maximum absolute atomic E-state index is 12.9. The van der Waals surface area contributed by atoms with Gasteiger partial charge in [0.25, 0.3) is 0 Å². The zero-order valence-electron chi connectivity index (χ0n) is 8.69. The van der Waals surface area contributed by atoms with Crippen LogP contribution in [0.2, 0.25) is 5.02 Å². The molecule has 1 rings (SSSR count). The van der Waals surface area contributed by atoms with E-state index in [1.54, 1.807) is 6.07 Å². The highest BCUT2D eigenvalue weighted by molar-refractivity contribution is 6.30. The van der Waals surface area contributed by atoms with Gasteiger partial charge in [-0.3, -0.25) is 0 Å². The van der Waals surface area contributed by atoms with E-state index in [1.165, 1.54) is 18.9 Å². The lowest BCUT2D eigenvalue weighted by Gasteiger charge is -2.11. The third-order valence-corrected chi connectivity index (χ3v) is 2.79. The van der Waals surface area contributed by atoms with Crippen LogP contribution in [-0.4, -0.2) is 0 Å². The van der Waals surface area contributed by atoms with Gasteiger partial charge in [0.05, 0.1) is 5.02 Å². The summed E-state index contributed by atoms with van der Waals surface area (Å²) in [4.78, 5) is 0. The Hall–Kier alpha value is -0.560. The second kappa shape index (κ2) is 5.35. The van der Waals surface area contributed by atoms with Crippen LogP contribution in [0, 0.1) is 5.82 Å². The van der Waals surface area contributed by atoms with Crippen molar-refractivity contribution < 1.29 is 4.39 Å². The Morgan fingerprint density at radius 3 is 2.71 bits per heavy atom. The van der Waals surface area contributed by atoms with Crippen LogP contribution in [-0.2, 0) is 0 Å². The number of hydrogen-bond acceptors (Lipinski definition) is 0. The quantitative estimate of drug-likeness (QED) is 0.677. The van der Waals surface area contributed by atoms with Crippen LogP contribution in [0.1, 0.15) is 44.6 Å². The molecule has 1 aromatic rings. The second-order valence-electron chi connectivity index (χ2n) is 3.72. The zero-order chi connectivity index (χ0) is 10.6. The Bertz CT molecular complexity index is 296. The summed E-state index contributed by atoms with van der Waals surface area (Å²) >= 11 is 5.72. The van der Waals surface area contributed by atoms with Gasteiger partial charge >= 0.3 is 0 Å². The van der Waals surface area contributed by atoms with Crippen molar-refractivity contribution in [3.8, 4) is 0 Å². The van der Waals surface area contributed by atoms with Crippen LogP contribution in [0.4, 0.5) is 4.39 Å². The van der Waals surface area contributed by atoms with E-state index in [0.29, 0.717) is 5.92 Å². The van der Waals surface area contributed by atoms with E-state index in [0.717, 1.165) is 12.0 Å². The van der Waals surface area contributed by atoms with Crippen molar-refractivity contribution in [1.29, 1.82) is 0 Å². The minimum absolute atomic E-state index is 0.228. The van der Waals surface area contributed by atoms with Crippen molar-refractivity contribution in [2.75, 3.05) is 0 Å². The molecule has 0 nitrogen and oxygen atoms in total. The maximum Gasteiger partial charge on any atom is 0.141 e. The van der Waals surface area contributed by atoms with Crippen molar-refractivity contribution >= 4 is 11.6 Å². The molecule has 1 atom stereocenters. The van der Waals surface area contributed by atoms with Crippen LogP contribution in [0.5, 0.6) is 0 Å². The topological polar surface area (TPSA) is 0 Å². The first-order chi connectivity index (χ1) is 6.65. The largest absolute Gasteiger partial charge is 0.205 e. The SMILES string of the molecule is CCCCC(C)c1ccc(F)c(Cl)c1. The molecule has 2 heteroatoms. The monoisotopic (exact) mass is 214 g/mol. The van der Waals surface area contributed by atoms with E-state index >= 15 is 0 Å². The lowest BCUT2D eigenvalue weighted by Crippen LogP contribution is -1.94. The molecule has 0 bridgehead atoms. The van der Waals surface area contributed by atoms with Gasteiger partial charge in [-0.1, -0.05) is 44.4 Å². The van der Waals surface area contributed by atoms with Gasteiger partial charge in [0.1, 0.15) is 5.82 Å². The molecule has 1 aromatic carbocycles. The van der Waals surface area contributed by atoms with Crippen LogP contribution in [0.3, 0.4) is 0 Å². The average molecular weight is 215 g/mol. The maximum atomic E-state index is 12.9. The molecule has 0 N–H and O–H groups in total. The van der Waals surface area contributed by atoms with Crippen LogP contribution in [0.15, 0.2) is 18.2 Å². The summed E-state index contributed by atoms with van der Waals surface area (Å²) in [5.41, 5.74) is 1.13. The number of unbranched alkanes of at least 4 members (excludes halogenated alkanes) is 1.